The minimum Gasteiger partial charge on any atom is -0.462 e. The van der Waals surface area contributed by atoms with E-state index in [-0.39, 0.29) is 25.2 Å². The van der Waals surface area contributed by atoms with E-state index < -0.39 is 6.10 Å². The highest BCUT2D eigenvalue weighted by molar-refractivity contribution is 5.70. The fourth-order valence-electron chi connectivity index (χ4n) is 6.48. The molecule has 1 unspecified atom stereocenters. The molecule has 5 nitrogen and oxygen atoms in total. The lowest BCUT2D eigenvalue weighted by Gasteiger charge is -2.15. The minimum absolute atomic E-state index is 0.0835. The summed E-state index contributed by atoms with van der Waals surface area (Å²) in [5, 5.41) is 9.62. The largest absolute Gasteiger partial charge is 0.462 e. The lowest BCUT2D eigenvalue weighted by atomic mass is 10.1. The summed E-state index contributed by atoms with van der Waals surface area (Å²) < 4.78 is 10.6. The molecule has 0 aromatic rings. The van der Waals surface area contributed by atoms with Crippen LogP contribution in [0, 0.1) is 0 Å². The van der Waals surface area contributed by atoms with Gasteiger partial charge in [-0.25, -0.2) is 0 Å². The number of hydrogen-bond acceptors (Lipinski definition) is 5. The van der Waals surface area contributed by atoms with Crippen LogP contribution in [-0.2, 0) is 19.1 Å². The second-order valence-corrected chi connectivity index (χ2v) is 16.2. The predicted octanol–water partition coefficient (Wildman–Crippen LogP) is 16.7. The molecule has 0 aliphatic carbocycles. The summed E-state index contributed by atoms with van der Waals surface area (Å²) in [6.07, 6.45) is 75.6. The van der Waals surface area contributed by atoms with Gasteiger partial charge in [-0.3, -0.25) is 9.59 Å². The van der Waals surface area contributed by atoms with Gasteiger partial charge in [-0.05, 0) is 109 Å². The highest BCUT2D eigenvalue weighted by Crippen LogP contribution is 2.13. The normalized spacial score (nSPS) is 13.3. The molecule has 0 aromatic heterocycles. The number of aliphatic hydroxyl groups is 1. The molecular weight excluding hydrogens is 765 g/mol. The van der Waals surface area contributed by atoms with Gasteiger partial charge in [0.2, 0.25) is 0 Å². The lowest BCUT2D eigenvalue weighted by molar-refractivity contribution is -0.161. The van der Waals surface area contributed by atoms with Crippen molar-refractivity contribution in [3.63, 3.8) is 0 Å². The van der Waals surface area contributed by atoms with E-state index in [4.69, 9.17) is 9.47 Å². The van der Waals surface area contributed by atoms with Gasteiger partial charge in [0.25, 0.3) is 0 Å². The summed E-state index contributed by atoms with van der Waals surface area (Å²) in [6, 6.07) is 0. The molecule has 0 bridgehead atoms. The van der Waals surface area contributed by atoms with Gasteiger partial charge in [0, 0.05) is 12.8 Å². The molecule has 0 rings (SSSR count). The number of aliphatic hydroxyl groups excluding tert-OH is 1. The van der Waals surface area contributed by atoms with Crippen molar-refractivity contribution >= 4 is 11.9 Å². The average Bonchev–Trinajstić information content (AvgIpc) is 3.28. The third kappa shape index (κ3) is 49.0. The maximum Gasteiger partial charge on any atom is 0.306 e. The molecule has 62 heavy (non-hydrogen) atoms. The molecule has 0 spiro atoms. The molecule has 0 aliphatic heterocycles. The van der Waals surface area contributed by atoms with Gasteiger partial charge in [-0.15, -0.1) is 0 Å². The van der Waals surface area contributed by atoms with E-state index >= 15 is 0 Å². The van der Waals surface area contributed by atoms with Gasteiger partial charge in [0.15, 0.2) is 6.10 Å². The molecule has 0 saturated carbocycles. The maximum absolute atomic E-state index is 12.3. The van der Waals surface area contributed by atoms with Crippen molar-refractivity contribution in [2.75, 3.05) is 13.2 Å². The molecule has 0 aliphatic rings. The van der Waals surface area contributed by atoms with Gasteiger partial charge < -0.3 is 14.6 Å². The standard InChI is InChI=1S/C57H92O5/c1-3-5-7-9-11-13-15-17-19-21-22-23-24-25-26-27-28-29-30-31-32-33-34-36-38-40-42-44-46-48-50-52-57(60)62-55(53-58)54-61-56(59)51-49-47-45-43-41-39-37-35-20-18-16-14-12-10-8-6-4-2/h5,7,11-14,17-20,22-23,25-26,28-29,31-32,34,36,55,58H,3-4,6,8-10,15-16,21,24,27,30,33,35,37-54H2,1-2H3/b7-5-,13-11-,14-12-,19-17-,20-18-,23-22-,26-25-,29-28-,32-31-,36-34-. The maximum atomic E-state index is 12.3. The summed E-state index contributed by atoms with van der Waals surface area (Å²) in [6.45, 7) is 3.97. The van der Waals surface area contributed by atoms with Crippen molar-refractivity contribution in [3.05, 3.63) is 122 Å². The van der Waals surface area contributed by atoms with Crippen molar-refractivity contribution in [1.82, 2.24) is 0 Å². The van der Waals surface area contributed by atoms with Crippen LogP contribution in [0.5, 0.6) is 0 Å². The van der Waals surface area contributed by atoms with Crippen LogP contribution in [-0.4, -0.2) is 36.4 Å². The van der Waals surface area contributed by atoms with Gasteiger partial charge in [0.05, 0.1) is 6.61 Å². The van der Waals surface area contributed by atoms with Crippen LogP contribution >= 0.6 is 0 Å². The summed E-state index contributed by atoms with van der Waals surface area (Å²) in [4.78, 5) is 24.4. The Bertz CT molecular complexity index is 1290. The topological polar surface area (TPSA) is 72.8 Å². The fraction of sp³-hybridized carbons (Fsp3) is 0.614. The molecule has 0 heterocycles. The highest BCUT2D eigenvalue weighted by Gasteiger charge is 2.16. The highest BCUT2D eigenvalue weighted by atomic mass is 16.6. The molecule has 350 valence electrons. The van der Waals surface area contributed by atoms with Crippen LogP contribution in [0.15, 0.2) is 122 Å². The minimum atomic E-state index is -0.792. The second-order valence-electron chi connectivity index (χ2n) is 16.2. The molecule has 0 fully saturated rings. The van der Waals surface area contributed by atoms with E-state index in [1.165, 1.54) is 70.6 Å². The number of carbonyl (C=O) groups excluding carboxylic acids is 2. The van der Waals surface area contributed by atoms with E-state index in [0.29, 0.717) is 12.8 Å². The zero-order chi connectivity index (χ0) is 44.9. The SMILES string of the molecule is CC/C=C\C/C=C\C/C=C\C/C=C\C/C=C\C/C=C\C/C=C\C/C=C\CCCCCCCCC(=O)OC(CO)COC(=O)CCCCCCCCC/C=C\C/C=C\CCCCC. The molecule has 0 aromatic carbocycles. The Hall–Kier alpha value is -3.70. The smallest absolute Gasteiger partial charge is 0.306 e. The van der Waals surface area contributed by atoms with Crippen LogP contribution in [0.2, 0.25) is 0 Å². The average molecular weight is 857 g/mol. The summed E-state index contributed by atoms with van der Waals surface area (Å²) in [7, 11) is 0. The van der Waals surface area contributed by atoms with Crippen molar-refractivity contribution < 1.29 is 24.2 Å². The quantitative estimate of drug-likeness (QED) is 0.0375. The van der Waals surface area contributed by atoms with E-state index in [1.807, 2.05) is 0 Å². The number of esters is 2. The first kappa shape index (κ1) is 58.3. The Morgan fingerprint density at radius 1 is 0.387 bits per heavy atom. The second kappa shape index (κ2) is 51.6. The first-order valence-electron chi connectivity index (χ1n) is 25.1. The summed E-state index contributed by atoms with van der Waals surface area (Å²) in [5.41, 5.74) is 0. The van der Waals surface area contributed by atoms with E-state index in [0.717, 1.165) is 109 Å². The van der Waals surface area contributed by atoms with Gasteiger partial charge in [-0.2, -0.15) is 0 Å². The zero-order valence-electron chi connectivity index (χ0n) is 39.8. The molecule has 0 saturated heterocycles. The van der Waals surface area contributed by atoms with Gasteiger partial charge in [0.1, 0.15) is 6.61 Å². The van der Waals surface area contributed by atoms with Crippen LogP contribution in [0.25, 0.3) is 0 Å². The zero-order valence-corrected chi connectivity index (χ0v) is 39.8. The third-order valence-electron chi connectivity index (χ3n) is 10.2. The molecule has 5 heteroatoms. The first-order chi connectivity index (χ1) is 30.6. The number of allylic oxidation sites excluding steroid dienone is 20. The van der Waals surface area contributed by atoms with Crippen LogP contribution in [0.3, 0.4) is 0 Å². The molecule has 0 amide bonds. The lowest BCUT2D eigenvalue weighted by Crippen LogP contribution is -2.28. The number of rotatable bonds is 44. The molecular formula is C57H92O5. The molecule has 1 N–H and O–H groups in total. The van der Waals surface area contributed by atoms with Gasteiger partial charge >= 0.3 is 11.9 Å². The van der Waals surface area contributed by atoms with E-state index in [1.54, 1.807) is 0 Å². The first-order valence-corrected chi connectivity index (χ1v) is 25.1. The number of unbranched alkanes of at least 4 members (excludes halogenated alkanes) is 16. The van der Waals surface area contributed by atoms with Crippen LogP contribution in [0.4, 0.5) is 0 Å². The summed E-state index contributed by atoms with van der Waals surface area (Å²) in [5.74, 6) is -0.625. The van der Waals surface area contributed by atoms with Crippen LogP contribution < -0.4 is 0 Å². The third-order valence-corrected chi connectivity index (χ3v) is 10.2. The Labute approximate surface area is 382 Å². The monoisotopic (exact) mass is 857 g/mol. The molecule has 0 radical (unpaired) electrons. The number of carbonyl (C=O) groups is 2. The van der Waals surface area contributed by atoms with Crippen molar-refractivity contribution in [1.29, 1.82) is 0 Å². The van der Waals surface area contributed by atoms with Crippen LogP contribution in [0.1, 0.15) is 206 Å². The molecule has 1 atom stereocenters. The van der Waals surface area contributed by atoms with Crippen molar-refractivity contribution in [2.24, 2.45) is 0 Å². The van der Waals surface area contributed by atoms with E-state index in [9.17, 15) is 14.7 Å². The van der Waals surface area contributed by atoms with Crippen molar-refractivity contribution in [3.8, 4) is 0 Å². The Morgan fingerprint density at radius 3 is 1.05 bits per heavy atom. The number of hydrogen-bond donors (Lipinski definition) is 1. The van der Waals surface area contributed by atoms with E-state index in [2.05, 4.69) is 135 Å². The van der Waals surface area contributed by atoms with Crippen molar-refractivity contribution in [2.45, 2.75) is 213 Å². The fourth-order valence-corrected chi connectivity index (χ4v) is 6.48. The Morgan fingerprint density at radius 2 is 0.694 bits per heavy atom. The van der Waals surface area contributed by atoms with Gasteiger partial charge in [-0.1, -0.05) is 206 Å². The number of ether oxygens (including phenoxy) is 2. The summed E-state index contributed by atoms with van der Waals surface area (Å²) >= 11 is 0. The Kier molecular flexibility index (Phi) is 48.6. The predicted molar refractivity (Wildman–Crippen MR) is 269 cm³/mol. The Balaban J connectivity index is 3.64.